The van der Waals surface area contributed by atoms with E-state index in [0.717, 1.165) is 22.4 Å². The molecule has 2 aliphatic rings. The van der Waals surface area contributed by atoms with E-state index >= 15 is 0 Å². The van der Waals surface area contributed by atoms with Crippen molar-refractivity contribution in [3.63, 3.8) is 0 Å². The highest BCUT2D eigenvalue weighted by Gasteiger charge is 2.33. The number of aromatic nitrogens is 2. The average molecular weight is 431 g/mol. The van der Waals surface area contributed by atoms with E-state index in [9.17, 15) is 4.79 Å². The molecule has 27 heavy (non-hydrogen) atoms. The molecule has 144 valence electrons. The van der Waals surface area contributed by atoms with Crippen LogP contribution in [0, 0.1) is 12.8 Å². The second-order valence-electron chi connectivity index (χ2n) is 7.74. The fourth-order valence-corrected chi connectivity index (χ4v) is 4.87. The van der Waals surface area contributed by atoms with Crippen LogP contribution < -0.4 is 5.32 Å². The van der Waals surface area contributed by atoms with Crippen LogP contribution in [0.1, 0.15) is 48.2 Å². The Morgan fingerprint density at radius 1 is 1.19 bits per heavy atom. The van der Waals surface area contributed by atoms with Gasteiger partial charge in [0.2, 0.25) is 0 Å². The fourth-order valence-electron chi connectivity index (χ4n) is 4.61. The second-order valence-corrected chi connectivity index (χ2v) is 8.66. The number of rotatable bonds is 4. The van der Waals surface area contributed by atoms with Crippen LogP contribution in [0.15, 0.2) is 34.9 Å². The Morgan fingerprint density at radius 2 is 1.96 bits per heavy atom. The van der Waals surface area contributed by atoms with Gasteiger partial charge in [0.05, 0.1) is 23.1 Å². The number of fused-ring (bicyclic) bond motifs is 1. The van der Waals surface area contributed by atoms with Gasteiger partial charge in [-0.3, -0.25) is 4.79 Å². The van der Waals surface area contributed by atoms with Crippen LogP contribution >= 0.6 is 15.9 Å². The van der Waals surface area contributed by atoms with Crippen LogP contribution in [0.5, 0.6) is 0 Å². The minimum atomic E-state index is -0.0104. The Morgan fingerprint density at radius 3 is 2.78 bits per heavy atom. The topological polar surface area (TPSA) is 50.2 Å². The highest BCUT2D eigenvalue weighted by atomic mass is 79.9. The molecular weight excluding hydrogens is 404 g/mol. The summed E-state index contributed by atoms with van der Waals surface area (Å²) in [6.45, 7) is 5.18. The van der Waals surface area contributed by atoms with Crippen molar-refractivity contribution >= 4 is 21.8 Å². The Kier molecular flexibility index (Phi) is 5.64. The van der Waals surface area contributed by atoms with Crippen molar-refractivity contribution in [3.05, 3.63) is 46.2 Å². The van der Waals surface area contributed by atoms with Crippen molar-refractivity contribution in [2.45, 2.75) is 45.1 Å². The van der Waals surface area contributed by atoms with Crippen LogP contribution in [0.2, 0.25) is 0 Å². The molecule has 1 N–H and O–H groups in total. The standard InChI is InChI=1S/C21H27BrN4O/c1-15-19(14-24-26(15)18-9-7-17(22)8-10-18)21(27)23-13-16-5-4-12-25-11-3-2-6-20(16)25/h7-10,14,16,20H,2-6,11-13H2,1H3,(H,23,27). The number of hydrogen-bond donors (Lipinski definition) is 1. The molecule has 2 unspecified atom stereocenters. The van der Waals surface area contributed by atoms with Gasteiger partial charge in [0.25, 0.3) is 5.91 Å². The lowest BCUT2D eigenvalue weighted by atomic mass is 9.83. The van der Waals surface area contributed by atoms with Crippen LogP contribution in [0.3, 0.4) is 0 Å². The van der Waals surface area contributed by atoms with E-state index in [1.165, 1.54) is 45.2 Å². The third-order valence-corrected chi connectivity index (χ3v) is 6.61. The highest BCUT2D eigenvalue weighted by molar-refractivity contribution is 9.10. The first-order chi connectivity index (χ1) is 13.1. The van der Waals surface area contributed by atoms with Gasteiger partial charge in [-0.05, 0) is 75.9 Å². The smallest absolute Gasteiger partial charge is 0.254 e. The molecule has 2 atom stereocenters. The molecule has 1 aromatic heterocycles. The number of nitrogens with one attached hydrogen (secondary N) is 1. The summed E-state index contributed by atoms with van der Waals surface area (Å²) in [6, 6.07) is 8.60. The molecule has 2 saturated heterocycles. The zero-order chi connectivity index (χ0) is 18.8. The second kappa shape index (κ2) is 8.15. The van der Waals surface area contributed by atoms with E-state index < -0.39 is 0 Å². The Bertz CT molecular complexity index is 799. The lowest BCUT2D eigenvalue weighted by molar-refractivity contribution is 0.0575. The van der Waals surface area contributed by atoms with Crippen molar-refractivity contribution in [2.24, 2.45) is 5.92 Å². The van der Waals surface area contributed by atoms with Crippen molar-refractivity contribution in [1.82, 2.24) is 20.0 Å². The maximum Gasteiger partial charge on any atom is 0.254 e. The number of hydrogen-bond acceptors (Lipinski definition) is 3. The van der Waals surface area contributed by atoms with Gasteiger partial charge in [-0.1, -0.05) is 22.4 Å². The predicted octanol–water partition coefficient (Wildman–Crippen LogP) is 3.94. The van der Waals surface area contributed by atoms with Gasteiger partial charge in [-0.25, -0.2) is 4.68 Å². The molecule has 0 bridgehead atoms. The number of carbonyl (C=O) groups excluding carboxylic acids is 1. The summed E-state index contributed by atoms with van der Waals surface area (Å²) in [5.41, 5.74) is 2.49. The quantitative estimate of drug-likeness (QED) is 0.798. The van der Waals surface area contributed by atoms with Gasteiger partial charge in [0.15, 0.2) is 0 Å². The first kappa shape index (κ1) is 18.7. The molecule has 4 rings (SSSR count). The van der Waals surface area contributed by atoms with Gasteiger partial charge in [0.1, 0.15) is 0 Å². The molecule has 0 spiro atoms. The molecule has 2 aromatic rings. The summed E-state index contributed by atoms with van der Waals surface area (Å²) in [6.07, 6.45) is 8.08. The minimum absolute atomic E-state index is 0.0104. The van der Waals surface area contributed by atoms with Crippen LogP contribution in [0.4, 0.5) is 0 Å². The van der Waals surface area contributed by atoms with Crippen LogP contribution in [0.25, 0.3) is 5.69 Å². The average Bonchev–Trinajstić information content (AvgIpc) is 3.08. The number of halogens is 1. The van der Waals surface area contributed by atoms with E-state index in [2.05, 4.69) is 31.2 Å². The molecule has 3 heterocycles. The summed E-state index contributed by atoms with van der Waals surface area (Å²) < 4.78 is 2.85. The minimum Gasteiger partial charge on any atom is -0.352 e. The van der Waals surface area contributed by atoms with Crippen molar-refractivity contribution in [3.8, 4) is 5.69 Å². The third-order valence-electron chi connectivity index (χ3n) is 6.08. The Balaban J connectivity index is 1.42. The fraction of sp³-hybridized carbons (Fsp3) is 0.524. The summed E-state index contributed by atoms with van der Waals surface area (Å²) in [5, 5.41) is 7.62. The molecular formula is C21H27BrN4O. The maximum absolute atomic E-state index is 12.8. The SMILES string of the molecule is Cc1c(C(=O)NCC2CCCN3CCCCC23)cnn1-c1ccc(Br)cc1. The monoisotopic (exact) mass is 430 g/mol. The highest BCUT2D eigenvalue weighted by Crippen LogP contribution is 2.30. The van der Waals surface area contributed by atoms with Crippen molar-refractivity contribution < 1.29 is 4.79 Å². The van der Waals surface area contributed by atoms with E-state index in [-0.39, 0.29) is 5.91 Å². The normalized spacial score (nSPS) is 23.0. The molecule has 2 aliphatic heterocycles. The van der Waals surface area contributed by atoms with Crippen LogP contribution in [-0.4, -0.2) is 46.3 Å². The van der Waals surface area contributed by atoms with Gasteiger partial charge < -0.3 is 10.2 Å². The number of amides is 1. The molecule has 6 heteroatoms. The molecule has 5 nitrogen and oxygen atoms in total. The largest absolute Gasteiger partial charge is 0.352 e. The van der Waals surface area contributed by atoms with Gasteiger partial charge in [-0.2, -0.15) is 5.10 Å². The van der Waals surface area contributed by atoms with Gasteiger partial charge in [0, 0.05) is 17.1 Å². The predicted molar refractivity (Wildman–Crippen MR) is 110 cm³/mol. The van der Waals surface area contributed by atoms with Crippen LogP contribution in [-0.2, 0) is 0 Å². The molecule has 1 amide bonds. The van der Waals surface area contributed by atoms with Crippen molar-refractivity contribution in [1.29, 1.82) is 0 Å². The third kappa shape index (κ3) is 3.97. The summed E-state index contributed by atoms with van der Waals surface area (Å²) in [7, 11) is 0. The molecule has 0 radical (unpaired) electrons. The lowest BCUT2D eigenvalue weighted by Crippen LogP contribution is -2.51. The summed E-state index contributed by atoms with van der Waals surface area (Å²) in [5.74, 6) is 0.564. The Hall–Kier alpha value is -1.66. The number of carbonyl (C=O) groups is 1. The van der Waals surface area contributed by atoms with E-state index in [1.54, 1.807) is 6.20 Å². The first-order valence-electron chi connectivity index (χ1n) is 9.96. The number of benzene rings is 1. The lowest BCUT2D eigenvalue weighted by Gasteiger charge is -2.44. The molecule has 1 aromatic carbocycles. The molecule has 0 saturated carbocycles. The molecule has 0 aliphatic carbocycles. The zero-order valence-corrected chi connectivity index (χ0v) is 17.4. The number of nitrogens with zero attached hydrogens (tertiary/aromatic N) is 3. The first-order valence-corrected chi connectivity index (χ1v) is 10.8. The summed E-state index contributed by atoms with van der Waals surface area (Å²) >= 11 is 3.45. The van der Waals surface area contributed by atoms with E-state index in [1.807, 2.05) is 35.9 Å². The van der Waals surface area contributed by atoms with E-state index in [4.69, 9.17) is 0 Å². The Labute approximate surface area is 169 Å². The van der Waals surface area contributed by atoms with E-state index in [0.29, 0.717) is 17.5 Å². The zero-order valence-electron chi connectivity index (χ0n) is 15.8. The van der Waals surface area contributed by atoms with Gasteiger partial charge in [-0.15, -0.1) is 0 Å². The molecule has 2 fully saturated rings. The maximum atomic E-state index is 12.8. The summed E-state index contributed by atoms with van der Waals surface area (Å²) in [4.78, 5) is 15.4. The number of piperidine rings is 2. The van der Waals surface area contributed by atoms with Gasteiger partial charge >= 0.3 is 0 Å². The van der Waals surface area contributed by atoms with Crippen molar-refractivity contribution in [2.75, 3.05) is 19.6 Å².